The quantitative estimate of drug-likeness (QED) is 0.768. The molecule has 1 aliphatic rings. The second-order valence-electron chi connectivity index (χ2n) is 6.79. The van der Waals surface area contributed by atoms with Gasteiger partial charge in [0.2, 0.25) is 5.91 Å². The first kappa shape index (κ1) is 18.4. The summed E-state index contributed by atoms with van der Waals surface area (Å²) < 4.78 is 5.69. The van der Waals surface area contributed by atoms with E-state index in [1.165, 1.54) is 0 Å². The molecule has 4 amide bonds. The van der Waals surface area contributed by atoms with Crippen molar-refractivity contribution in [2.45, 2.75) is 26.0 Å². The van der Waals surface area contributed by atoms with Gasteiger partial charge in [-0.3, -0.25) is 14.5 Å². The first-order chi connectivity index (χ1) is 12.8. The second-order valence-corrected chi connectivity index (χ2v) is 6.79. The van der Waals surface area contributed by atoms with Gasteiger partial charge in [-0.25, -0.2) is 4.79 Å². The summed E-state index contributed by atoms with van der Waals surface area (Å²) >= 11 is 0. The molecule has 0 unspecified atom stereocenters. The monoisotopic (exact) mass is 367 g/mol. The van der Waals surface area contributed by atoms with E-state index in [1.54, 1.807) is 38.1 Å². The molecule has 0 aromatic heterocycles. The van der Waals surface area contributed by atoms with Crippen molar-refractivity contribution in [2.24, 2.45) is 0 Å². The highest BCUT2D eigenvalue weighted by Gasteiger charge is 2.44. The van der Waals surface area contributed by atoms with E-state index in [-0.39, 0.29) is 6.54 Å². The number of carbonyl (C=O) groups excluding carboxylic acids is 3. The first-order valence-corrected chi connectivity index (χ1v) is 8.56. The van der Waals surface area contributed by atoms with E-state index in [0.717, 1.165) is 10.5 Å². The molecule has 140 valence electrons. The molecule has 27 heavy (non-hydrogen) atoms. The van der Waals surface area contributed by atoms with Gasteiger partial charge in [0, 0.05) is 5.69 Å². The van der Waals surface area contributed by atoms with Gasteiger partial charge in [-0.05, 0) is 43.7 Å². The fourth-order valence-corrected chi connectivity index (χ4v) is 2.68. The topological polar surface area (TPSA) is 87.7 Å². The Labute approximate surface area is 157 Å². The lowest BCUT2D eigenvalue weighted by molar-refractivity contribution is -0.132. The summed E-state index contributed by atoms with van der Waals surface area (Å²) in [6, 6.07) is 16.1. The number of nitrogens with one attached hydrogen (secondary N) is 2. The number of rotatable bonds is 6. The Balaban J connectivity index is 1.53. The number of urea groups is 1. The van der Waals surface area contributed by atoms with Crippen LogP contribution in [0.3, 0.4) is 0 Å². The van der Waals surface area contributed by atoms with Crippen molar-refractivity contribution in [3.05, 3.63) is 60.2 Å². The minimum atomic E-state index is -0.991. The summed E-state index contributed by atoms with van der Waals surface area (Å²) in [6.07, 6.45) is 0. The number of amides is 4. The van der Waals surface area contributed by atoms with Crippen LogP contribution in [0, 0.1) is 0 Å². The zero-order valence-electron chi connectivity index (χ0n) is 15.2. The molecule has 7 heteroatoms. The number of hydrogen-bond donors (Lipinski definition) is 2. The third-order valence-electron chi connectivity index (χ3n) is 4.13. The van der Waals surface area contributed by atoms with Crippen molar-refractivity contribution in [2.75, 3.05) is 11.9 Å². The van der Waals surface area contributed by atoms with Gasteiger partial charge in [0.05, 0.1) is 0 Å². The normalized spacial score (nSPS) is 15.4. The van der Waals surface area contributed by atoms with Crippen molar-refractivity contribution in [1.82, 2.24) is 10.2 Å². The summed E-state index contributed by atoms with van der Waals surface area (Å²) in [5.74, 6) is -0.200. The molecule has 1 saturated heterocycles. The van der Waals surface area contributed by atoms with Gasteiger partial charge < -0.3 is 15.4 Å². The summed E-state index contributed by atoms with van der Waals surface area (Å²) in [6.45, 7) is 3.31. The van der Waals surface area contributed by atoms with E-state index in [0.29, 0.717) is 18.0 Å². The van der Waals surface area contributed by atoms with Crippen molar-refractivity contribution < 1.29 is 19.1 Å². The maximum atomic E-state index is 12.1. The van der Waals surface area contributed by atoms with Gasteiger partial charge >= 0.3 is 6.03 Å². The number of imide groups is 1. The highest BCUT2D eigenvalue weighted by molar-refractivity contribution is 6.09. The minimum Gasteiger partial charge on any atom is -0.489 e. The zero-order chi connectivity index (χ0) is 19.4. The molecule has 1 aliphatic heterocycles. The average Bonchev–Trinajstić information content (AvgIpc) is 2.83. The van der Waals surface area contributed by atoms with E-state index in [4.69, 9.17) is 4.74 Å². The number of anilines is 1. The van der Waals surface area contributed by atoms with Crippen LogP contribution in [0.1, 0.15) is 19.4 Å². The Kier molecular flexibility index (Phi) is 5.12. The van der Waals surface area contributed by atoms with Crippen molar-refractivity contribution >= 4 is 23.5 Å². The fraction of sp³-hybridized carbons (Fsp3) is 0.250. The molecule has 2 aromatic carbocycles. The number of ether oxygens (including phenoxy) is 1. The molecule has 0 bridgehead atoms. The van der Waals surface area contributed by atoms with E-state index in [2.05, 4.69) is 10.6 Å². The largest absolute Gasteiger partial charge is 0.489 e. The molecule has 0 spiro atoms. The van der Waals surface area contributed by atoms with Crippen LogP contribution in [0.25, 0.3) is 0 Å². The summed E-state index contributed by atoms with van der Waals surface area (Å²) in [5, 5.41) is 5.21. The van der Waals surface area contributed by atoms with Gasteiger partial charge in [-0.15, -0.1) is 0 Å². The summed E-state index contributed by atoms with van der Waals surface area (Å²) in [7, 11) is 0. The van der Waals surface area contributed by atoms with Crippen molar-refractivity contribution in [3.8, 4) is 5.75 Å². The minimum absolute atomic E-state index is 0.333. The predicted molar refractivity (Wildman–Crippen MR) is 100 cm³/mol. The average molecular weight is 367 g/mol. The van der Waals surface area contributed by atoms with E-state index in [1.807, 2.05) is 30.3 Å². The summed E-state index contributed by atoms with van der Waals surface area (Å²) in [4.78, 5) is 37.0. The molecule has 1 heterocycles. The van der Waals surface area contributed by atoms with Gasteiger partial charge in [0.1, 0.15) is 24.4 Å². The van der Waals surface area contributed by atoms with Crippen LogP contribution >= 0.6 is 0 Å². The van der Waals surface area contributed by atoms with Crippen LogP contribution in [0.4, 0.5) is 10.5 Å². The molecule has 2 N–H and O–H groups in total. The van der Waals surface area contributed by atoms with Crippen molar-refractivity contribution in [3.63, 3.8) is 0 Å². The lowest BCUT2D eigenvalue weighted by Crippen LogP contribution is -2.41. The SMILES string of the molecule is CC1(C)NC(=O)N(CC(=O)Nc2ccc(OCc3ccccc3)cc2)C1=O. The highest BCUT2D eigenvalue weighted by atomic mass is 16.5. The molecule has 0 radical (unpaired) electrons. The fourth-order valence-electron chi connectivity index (χ4n) is 2.68. The highest BCUT2D eigenvalue weighted by Crippen LogP contribution is 2.19. The number of hydrogen-bond acceptors (Lipinski definition) is 4. The van der Waals surface area contributed by atoms with Crippen LogP contribution in [0.15, 0.2) is 54.6 Å². The molecule has 2 aromatic rings. The van der Waals surface area contributed by atoms with Crippen LogP contribution in [-0.4, -0.2) is 34.8 Å². The van der Waals surface area contributed by atoms with Gasteiger partial charge in [-0.1, -0.05) is 30.3 Å². The molecule has 0 saturated carbocycles. The third kappa shape index (κ3) is 4.44. The van der Waals surface area contributed by atoms with Crippen LogP contribution in [0.2, 0.25) is 0 Å². The van der Waals surface area contributed by atoms with Crippen molar-refractivity contribution in [1.29, 1.82) is 0 Å². The molecular formula is C20H21N3O4. The first-order valence-electron chi connectivity index (χ1n) is 8.56. The van der Waals surface area contributed by atoms with Crippen LogP contribution in [-0.2, 0) is 16.2 Å². The Morgan fingerprint density at radius 1 is 1.07 bits per heavy atom. The third-order valence-corrected chi connectivity index (χ3v) is 4.13. The molecule has 3 rings (SSSR count). The van der Waals surface area contributed by atoms with E-state index >= 15 is 0 Å². The van der Waals surface area contributed by atoms with Crippen LogP contribution < -0.4 is 15.4 Å². The maximum absolute atomic E-state index is 12.1. The Bertz CT molecular complexity index is 847. The van der Waals surface area contributed by atoms with Gasteiger partial charge in [0.25, 0.3) is 5.91 Å². The second kappa shape index (κ2) is 7.49. The standard InChI is InChI=1S/C20H21N3O4/c1-20(2)18(25)23(19(26)22-20)12-17(24)21-15-8-10-16(11-9-15)27-13-14-6-4-3-5-7-14/h3-11H,12-13H2,1-2H3,(H,21,24)(H,22,26). The lowest BCUT2D eigenvalue weighted by atomic mass is 10.1. The van der Waals surface area contributed by atoms with Gasteiger partial charge in [-0.2, -0.15) is 0 Å². The number of benzene rings is 2. The Morgan fingerprint density at radius 3 is 2.33 bits per heavy atom. The van der Waals surface area contributed by atoms with E-state index in [9.17, 15) is 14.4 Å². The molecular weight excluding hydrogens is 346 g/mol. The summed E-state index contributed by atoms with van der Waals surface area (Å²) in [5.41, 5.74) is 0.625. The van der Waals surface area contributed by atoms with Gasteiger partial charge in [0.15, 0.2) is 0 Å². The predicted octanol–water partition coefficient (Wildman–Crippen LogP) is 2.53. The molecule has 7 nitrogen and oxygen atoms in total. The molecule has 0 aliphatic carbocycles. The molecule has 1 fully saturated rings. The zero-order valence-corrected chi connectivity index (χ0v) is 15.2. The maximum Gasteiger partial charge on any atom is 0.325 e. The molecule has 0 atom stereocenters. The smallest absolute Gasteiger partial charge is 0.325 e. The van der Waals surface area contributed by atoms with Crippen LogP contribution in [0.5, 0.6) is 5.75 Å². The lowest BCUT2D eigenvalue weighted by Gasteiger charge is -2.15. The number of carbonyl (C=O) groups is 3. The number of nitrogens with zero attached hydrogens (tertiary/aromatic N) is 1. The van der Waals surface area contributed by atoms with E-state index < -0.39 is 23.4 Å². The Hall–Kier alpha value is -3.35. The Morgan fingerprint density at radius 2 is 1.74 bits per heavy atom.